The molecule has 402 valence electrons. The number of nitrogens with zero attached hydrogens (tertiary/aromatic N) is 2. The Bertz CT molecular complexity index is 3050. The lowest BCUT2D eigenvalue weighted by Crippen LogP contribution is -2.44. The van der Waals surface area contributed by atoms with Crippen LogP contribution in [0.4, 0.5) is 0 Å². The third-order valence-electron chi connectivity index (χ3n) is 13.1. The van der Waals surface area contributed by atoms with Crippen molar-refractivity contribution in [3.05, 3.63) is 159 Å². The quantitative estimate of drug-likeness (QED) is 0.0572. The molecule has 4 aromatic carbocycles. The monoisotopic (exact) mass is 1100 g/mol. The smallest absolute Gasteiger partial charge is 0.252 e. The van der Waals surface area contributed by atoms with Gasteiger partial charge in [-0.25, -0.2) is 16.8 Å². The van der Waals surface area contributed by atoms with Crippen molar-refractivity contribution in [2.45, 2.75) is 105 Å². The minimum Gasteiger partial charge on any atom is -0.497 e. The van der Waals surface area contributed by atoms with Gasteiger partial charge in [-0.1, -0.05) is 69.3 Å². The van der Waals surface area contributed by atoms with E-state index in [-0.39, 0.29) is 42.4 Å². The van der Waals surface area contributed by atoms with Gasteiger partial charge in [0.2, 0.25) is 0 Å². The fourth-order valence-corrected chi connectivity index (χ4v) is 14.5. The van der Waals surface area contributed by atoms with Crippen LogP contribution < -0.4 is 35.5 Å². The summed E-state index contributed by atoms with van der Waals surface area (Å²) in [5.74, 6) is 1.60. The van der Waals surface area contributed by atoms with Crippen molar-refractivity contribution in [3.63, 3.8) is 0 Å². The number of sulfonamides is 2. The summed E-state index contributed by atoms with van der Waals surface area (Å²) in [4.78, 5) is 26.5. The molecule has 4 heterocycles. The first-order valence-corrected chi connectivity index (χ1v) is 29.8. The van der Waals surface area contributed by atoms with Crippen molar-refractivity contribution in [1.82, 2.24) is 29.9 Å². The van der Waals surface area contributed by atoms with E-state index in [4.69, 9.17) is 14.2 Å². The van der Waals surface area contributed by atoms with Gasteiger partial charge < -0.3 is 35.5 Å². The van der Waals surface area contributed by atoms with Gasteiger partial charge >= 0.3 is 0 Å². The fraction of sp³-hybridized carbons (Fsp3) is 0.393. The summed E-state index contributed by atoms with van der Waals surface area (Å²) in [6.45, 7) is 13.2. The molecule has 0 radical (unpaired) electrons. The first-order chi connectivity index (χ1) is 35.9. The van der Waals surface area contributed by atoms with Crippen LogP contribution in [0.3, 0.4) is 0 Å². The molecule has 0 spiro atoms. The van der Waals surface area contributed by atoms with Crippen LogP contribution in [-0.2, 0) is 51.6 Å². The number of ether oxygens (including phenoxy) is 3. The molecule has 4 N–H and O–H groups in total. The number of nitrogens with one attached hydrogen (secondary N) is 4. The predicted octanol–water partition coefficient (Wildman–Crippen LogP) is 8.96. The zero-order valence-electron chi connectivity index (χ0n) is 43.6. The van der Waals surface area contributed by atoms with Crippen molar-refractivity contribution in [2.75, 3.05) is 47.0 Å². The molecule has 8 rings (SSSR count). The van der Waals surface area contributed by atoms with E-state index in [9.17, 15) is 26.4 Å². The Kier molecular flexibility index (Phi) is 20.1. The van der Waals surface area contributed by atoms with E-state index in [2.05, 4.69) is 72.4 Å². The van der Waals surface area contributed by atoms with Gasteiger partial charge in [0.1, 0.15) is 25.7 Å². The van der Waals surface area contributed by atoms with E-state index in [1.54, 1.807) is 95.6 Å². The number of rotatable bonds is 20. The number of hydrogen-bond donors (Lipinski definition) is 4. The maximum Gasteiger partial charge on any atom is 0.252 e. The highest BCUT2D eigenvalue weighted by atomic mass is 32.3. The van der Waals surface area contributed by atoms with Crippen LogP contribution in [0.15, 0.2) is 130 Å². The van der Waals surface area contributed by atoms with Crippen molar-refractivity contribution in [2.24, 2.45) is 0 Å². The van der Waals surface area contributed by atoms with E-state index in [0.717, 1.165) is 53.3 Å². The molecule has 2 fully saturated rings. The second-order valence-electron chi connectivity index (χ2n) is 19.4. The Morgan fingerprint density at radius 1 is 0.560 bits per heavy atom. The van der Waals surface area contributed by atoms with Gasteiger partial charge in [-0.2, -0.15) is 8.61 Å². The van der Waals surface area contributed by atoms with Gasteiger partial charge in [0.05, 0.1) is 33.9 Å². The van der Waals surface area contributed by atoms with Crippen LogP contribution in [0.25, 0.3) is 0 Å². The van der Waals surface area contributed by atoms with Crippen LogP contribution in [0, 0.1) is 0 Å². The molecule has 75 heavy (non-hydrogen) atoms. The second-order valence-corrected chi connectivity index (χ2v) is 26.1. The van der Waals surface area contributed by atoms with E-state index >= 15 is 0 Å². The fourth-order valence-electron chi connectivity index (χ4n) is 8.67. The molecule has 19 heteroatoms. The summed E-state index contributed by atoms with van der Waals surface area (Å²) in [5.41, 5.74) is 4.81. The van der Waals surface area contributed by atoms with Gasteiger partial charge in [-0.15, -0.1) is 22.7 Å². The number of thiophene rings is 2. The number of benzene rings is 4. The molecule has 0 atom stereocenters. The zero-order valence-corrected chi connectivity index (χ0v) is 46.9. The lowest BCUT2D eigenvalue weighted by atomic mass is 9.87. The highest BCUT2D eigenvalue weighted by Crippen LogP contribution is 2.30. The summed E-state index contributed by atoms with van der Waals surface area (Å²) in [5, 5.41) is 12.8. The first-order valence-electron chi connectivity index (χ1n) is 25.2. The van der Waals surface area contributed by atoms with Crippen LogP contribution in [0.1, 0.15) is 101 Å². The summed E-state index contributed by atoms with van der Waals surface area (Å²) < 4.78 is 72.6. The van der Waals surface area contributed by atoms with E-state index < -0.39 is 20.0 Å². The topological polar surface area (TPSA) is 185 Å². The molecule has 6 aromatic rings. The van der Waals surface area contributed by atoms with Gasteiger partial charge in [-0.05, 0) is 128 Å². The third-order valence-corrected chi connectivity index (χ3v) is 20.0. The predicted molar refractivity (Wildman–Crippen MR) is 297 cm³/mol. The number of hydrogen-bond acceptors (Lipinski definition) is 13. The maximum atomic E-state index is 13.2. The normalized spacial score (nSPS) is 15.1. The first kappa shape index (κ1) is 57.1. The maximum absolute atomic E-state index is 13.2. The highest BCUT2D eigenvalue weighted by molar-refractivity contribution is 7.91. The molecule has 0 unspecified atom stereocenters. The van der Waals surface area contributed by atoms with Crippen LogP contribution >= 0.6 is 22.7 Å². The highest BCUT2D eigenvalue weighted by Gasteiger charge is 2.32. The number of carbonyl (C=O) groups is 2. The molecule has 0 aliphatic carbocycles. The van der Waals surface area contributed by atoms with Gasteiger partial charge in [0.15, 0.2) is 0 Å². The van der Waals surface area contributed by atoms with Crippen molar-refractivity contribution in [3.8, 4) is 17.2 Å². The van der Waals surface area contributed by atoms with Crippen LogP contribution in [-0.4, -0.2) is 96.3 Å². The Balaban J connectivity index is 0.000000219. The standard InChI is InChI=1S/C29H37N3O4S2.C27H33N3O5S2/c1-29(2,3)23-10-8-21(9-11-23)19-30-24-14-16-32(17-15-24)38(34,35)27-13-12-26(37-27)20-31-28(33)22-6-5-7-25(18-22)36-4;1-3-35-24-9-4-6-20(16-24)18-28-22-12-14-30(15-13-22)37(32,33)26-11-10-25(36-26)19-29-27(31)21-7-5-8-23(17-21)34-2/h5-13,18,24,30H,14-17,19-20H2,1-4H3,(H,31,33);4-11,16-17,22,28H,3,12-15,18-19H2,1-2H3,(H,29,31). The van der Waals surface area contributed by atoms with Crippen LogP contribution in [0.2, 0.25) is 0 Å². The molecule has 0 saturated carbocycles. The SMILES string of the molecule is CCOc1cccc(CNC2CCN(S(=O)(=O)c3ccc(CNC(=O)c4cccc(OC)c4)s3)CC2)c1.COc1cccc(C(=O)NCc2ccc(S(=O)(=O)N3CCC(NCc4ccc(C(C)(C)C)cc4)CC3)s2)c1. The average Bonchev–Trinajstić information content (AvgIpc) is 4.13. The van der Waals surface area contributed by atoms with Crippen molar-refractivity contribution < 1.29 is 40.6 Å². The molecule has 0 bridgehead atoms. The van der Waals surface area contributed by atoms with Crippen molar-refractivity contribution in [1.29, 1.82) is 0 Å². The molecular formula is C56H70N6O9S4. The lowest BCUT2D eigenvalue weighted by molar-refractivity contribution is 0.0943. The van der Waals surface area contributed by atoms with Gasteiger partial charge in [-0.3, -0.25) is 9.59 Å². The Morgan fingerprint density at radius 3 is 1.44 bits per heavy atom. The molecule has 2 aromatic heterocycles. The summed E-state index contributed by atoms with van der Waals surface area (Å²) >= 11 is 2.40. The molecule has 15 nitrogen and oxygen atoms in total. The van der Waals surface area contributed by atoms with E-state index in [1.165, 1.54) is 33.8 Å². The van der Waals surface area contributed by atoms with Crippen LogP contribution in [0.5, 0.6) is 17.2 Å². The molecule has 2 amide bonds. The number of amides is 2. The molecule has 2 saturated heterocycles. The Hall–Kier alpha value is -5.64. The summed E-state index contributed by atoms with van der Waals surface area (Å²) in [6, 6.07) is 37.9. The third kappa shape index (κ3) is 16.0. The minimum absolute atomic E-state index is 0.137. The van der Waals surface area contributed by atoms with Gasteiger partial charge in [0, 0.05) is 72.2 Å². The van der Waals surface area contributed by atoms with E-state index in [0.29, 0.717) is 70.4 Å². The molecule has 2 aliphatic rings. The zero-order chi connectivity index (χ0) is 53.6. The van der Waals surface area contributed by atoms with Crippen molar-refractivity contribution >= 4 is 54.5 Å². The average molecular weight is 1100 g/mol. The number of carbonyl (C=O) groups excluding carboxylic acids is 2. The van der Waals surface area contributed by atoms with E-state index in [1.807, 2.05) is 25.1 Å². The minimum atomic E-state index is -3.57. The van der Waals surface area contributed by atoms with Gasteiger partial charge in [0.25, 0.3) is 31.9 Å². The number of piperidine rings is 2. The lowest BCUT2D eigenvalue weighted by Gasteiger charge is -2.31. The molecule has 2 aliphatic heterocycles. The Morgan fingerprint density at radius 2 is 1.00 bits per heavy atom. The largest absolute Gasteiger partial charge is 0.497 e. The Labute approximate surface area is 451 Å². The molecular weight excluding hydrogens is 1030 g/mol. The number of methoxy groups -OCH3 is 2. The second kappa shape index (κ2) is 26.4. The summed E-state index contributed by atoms with van der Waals surface area (Å²) in [6.07, 6.45) is 3.04. The summed E-state index contributed by atoms with van der Waals surface area (Å²) in [7, 11) is -4.02.